The molecule has 2 aromatic rings. The van der Waals surface area contributed by atoms with E-state index in [4.69, 9.17) is 16.9 Å². The minimum Gasteiger partial charge on any atom is -0.370 e. The van der Waals surface area contributed by atoms with Gasteiger partial charge in [-0.3, -0.25) is 19.3 Å². The van der Waals surface area contributed by atoms with Gasteiger partial charge in [0.05, 0.1) is 0 Å². The summed E-state index contributed by atoms with van der Waals surface area (Å²) in [5.74, 6) is 0.762. The summed E-state index contributed by atoms with van der Waals surface area (Å²) in [5, 5.41) is 7.71. The summed E-state index contributed by atoms with van der Waals surface area (Å²) in [6.45, 7) is 0.720. The van der Waals surface area contributed by atoms with Crippen molar-refractivity contribution in [2.24, 2.45) is 37.6 Å². The summed E-state index contributed by atoms with van der Waals surface area (Å²) in [5.41, 5.74) is 10.7. The van der Waals surface area contributed by atoms with Gasteiger partial charge in [0.2, 0.25) is 5.96 Å². The highest BCUT2D eigenvalue weighted by Gasteiger charge is 2.16. The maximum Gasteiger partial charge on any atom is 0.332 e. The van der Waals surface area contributed by atoms with E-state index in [1.54, 1.807) is 23.6 Å². The molecule has 160 valence electrons. The number of nitrogens with two attached hydrogens (primary N) is 2. The highest BCUT2D eigenvalue weighted by Crippen LogP contribution is 2.13. The molecule has 0 aliphatic heterocycles. The van der Waals surface area contributed by atoms with Crippen LogP contribution in [0.2, 0.25) is 0 Å². The number of rotatable bonds is 8. The summed E-state index contributed by atoms with van der Waals surface area (Å²) in [7, 11) is 6.72. The van der Waals surface area contributed by atoms with E-state index in [0.29, 0.717) is 11.2 Å². The average molecular weight is 406 g/mol. The van der Waals surface area contributed by atoms with Gasteiger partial charge >= 0.3 is 5.69 Å². The van der Waals surface area contributed by atoms with E-state index in [1.165, 1.54) is 11.6 Å². The highest BCUT2D eigenvalue weighted by atomic mass is 16.2. The molecule has 2 rings (SSSR count). The van der Waals surface area contributed by atoms with Crippen LogP contribution in [0.1, 0.15) is 37.9 Å². The van der Waals surface area contributed by atoms with Crippen LogP contribution in [0.25, 0.3) is 11.2 Å². The van der Waals surface area contributed by atoms with Gasteiger partial charge in [-0.15, -0.1) is 0 Å². The van der Waals surface area contributed by atoms with Crippen molar-refractivity contribution in [3.05, 3.63) is 26.7 Å². The fraction of sp³-hybridized carbons (Fsp3) is 0.611. The number of aryl methyl sites for hydroxylation is 3. The molecule has 0 amide bonds. The lowest BCUT2D eigenvalue weighted by molar-refractivity contribution is 0.460. The second-order valence-electron chi connectivity index (χ2n) is 7.26. The number of guanidine groups is 2. The van der Waals surface area contributed by atoms with Gasteiger partial charge < -0.3 is 20.9 Å². The summed E-state index contributed by atoms with van der Waals surface area (Å²) in [4.78, 5) is 34.4. The number of aromatic nitrogens is 4. The van der Waals surface area contributed by atoms with Crippen LogP contribution in [0.15, 0.2) is 14.6 Å². The number of nitrogens with one attached hydrogen (secondary N) is 1. The molecule has 0 saturated heterocycles. The van der Waals surface area contributed by atoms with Gasteiger partial charge in [-0.2, -0.15) is 4.99 Å². The molecule has 0 unspecified atom stereocenters. The summed E-state index contributed by atoms with van der Waals surface area (Å²) in [6, 6.07) is 0. The second kappa shape index (κ2) is 9.39. The SMILES string of the molecule is CN(CCCCCCCc1nc2c(c(=O)n(C)c(=O)n2C)n1C)C(=N)N=C(N)N. The Morgan fingerprint density at radius 3 is 2.31 bits per heavy atom. The van der Waals surface area contributed by atoms with Crippen molar-refractivity contribution in [1.82, 2.24) is 23.6 Å². The molecular formula is C18H31N9O2. The molecule has 2 aromatic heterocycles. The van der Waals surface area contributed by atoms with Crippen molar-refractivity contribution >= 4 is 23.1 Å². The van der Waals surface area contributed by atoms with Gasteiger partial charge in [-0.05, 0) is 12.8 Å². The van der Waals surface area contributed by atoms with Crippen molar-refractivity contribution in [2.45, 2.75) is 38.5 Å². The number of hydrogen-bond donors (Lipinski definition) is 3. The lowest BCUT2D eigenvalue weighted by Crippen LogP contribution is -2.37. The number of fused-ring (bicyclic) bond motifs is 1. The maximum absolute atomic E-state index is 12.4. The normalized spacial score (nSPS) is 11.0. The zero-order valence-corrected chi connectivity index (χ0v) is 17.6. The minimum absolute atomic E-state index is 0.0624. The van der Waals surface area contributed by atoms with Crippen molar-refractivity contribution in [3.8, 4) is 0 Å². The molecule has 0 aromatic carbocycles. The van der Waals surface area contributed by atoms with Gasteiger partial charge in [0.25, 0.3) is 5.56 Å². The molecule has 0 atom stereocenters. The van der Waals surface area contributed by atoms with Gasteiger partial charge in [0.15, 0.2) is 17.1 Å². The smallest absolute Gasteiger partial charge is 0.332 e. The first-order valence-electron chi connectivity index (χ1n) is 9.65. The van der Waals surface area contributed by atoms with Gasteiger partial charge in [0.1, 0.15) is 5.82 Å². The molecule has 29 heavy (non-hydrogen) atoms. The van der Waals surface area contributed by atoms with E-state index in [0.717, 1.165) is 55.5 Å². The topological polar surface area (TPSA) is 153 Å². The largest absolute Gasteiger partial charge is 0.370 e. The number of imidazole rings is 1. The van der Waals surface area contributed by atoms with E-state index < -0.39 is 0 Å². The summed E-state index contributed by atoms with van der Waals surface area (Å²) in [6.07, 6.45) is 5.78. The lowest BCUT2D eigenvalue weighted by atomic mass is 10.1. The third-order valence-corrected chi connectivity index (χ3v) is 5.06. The molecule has 0 fully saturated rings. The standard InChI is InChI=1S/C18H31N9O2/c1-24(17(21)23-16(19)20)11-9-7-5-6-8-10-12-22-14-13(25(12)2)15(28)27(4)18(29)26(14)3/h5-11H2,1-4H3,(H5,19,20,21,23). The maximum atomic E-state index is 12.4. The number of nitrogens with zero attached hydrogens (tertiary/aromatic N) is 6. The van der Waals surface area contributed by atoms with Crippen LogP contribution in [-0.4, -0.2) is 49.1 Å². The van der Waals surface area contributed by atoms with Crippen LogP contribution in [0.4, 0.5) is 0 Å². The van der Waals surface area contributed by atoms with Crippen molar-refractivity contribution in [2.75, 3.05) is 13.6 Å². The second-order valence-corrected chi connectivity index (χ2v) is 7.26. The number of aliphatic imine (C=N–C) groups is 1. The molecule has 0 spiro atoms. The average Bonchev–Trinajstić information content (AvgIpc) is 2.99. The Morgan fingerprint density at radius 1 is 1.03 bits per heavy atom. The van der Waals surface area contributed by atoms with Crippen LogP contribution in [-0.2, 0) is 27.6 Å². The summed E-state index contributed by atoms with van der Waals surface area (Å²) >= 11 is 0. The monoisotopic (exact) mass is 405 g/mol. The zero-order chi connectivity index (χ0) is 21.7. The van der Waals surface area contributed by atoms with Gasteiger partial charge in [0, 0.05) is 41.2 Å². The van der Waals surface area contributed by atoms with Crippen LogP contribution >= 0.6 is 0 Å². The number of unbranched alkanes of at least 4 members (excludes halogenated alkanes) is 4. The summed E-state index contributed by atoms with van der Waals surface area (Å²) < 4.78 is 4.32. The Bertz CT molecular complexity index is 1020. The van der Waals surface area contributed by atoms with E-state index in [2.05, 4.69) is 9.98 Å². The quantitative estimate of drug-likeness (QED) is 0.309. The fourth-order valence-electron chi connectivity index (χ4n) is 3.26. The number of hydrogen-bond acceptors (Lipinski definition) is 4. The Morgan fingerprint density at radius 2 is 1.66 bits per heavy atom. The first kappa shape index (κ1) is 22.2. The first-order valence-corrected chi connectivity index (χ1v) is 9.65. The van der Waals surface area contributed by atoms with Gasteiger partial charge in [-0.1, -0.05) is 19.3 Å². The molecule has 0 radical (unpaired) electrons. The Hall–Kier alpha value is -3.11. The molecule has 0 saturated carbocycles. The van der Waals surface area contributed by atoms with Crippen LogP contribution in [0.5, 0.6) is 0 Å². The highest BCUT2D eigenvalue weighted by molar-refractivity contribution is 5.91. The predicted octanol–water partition coefficient (Wildman–Crippen LogP) is -0.396. The third-order valence-electron chi connectivity index (χ3n) is 5.06. The molecular weight excluding hydrogens is 374 g/mol. The van der Waals surface area contributed by atoms with Crippen molar-refractivity contribution in [3.63, 3.8) is 0 Å². The molecule has 0 aliphatic rings. The molecule has 0 aliphatic carbocycles. The Kier molecular flexibility index (Phi) is 7.18. The first-order chi connectivity index (χ1) is 13.6. The fourth-order valence-corrected chi connectivity index (χ4v) is 3.26. The van der Waals surface area contributed by atoms with Crippen molar-refractivity contribution in [1.29, 1.82) is 5.41 Å². The van der Waals surface area contributed by atoms with Crippen LogP contribution in [0, 0.1) is 5.41 Å². The zero-order valence-electron chi connectivity index (χ0n) is 17.6. The molecule has 5 N–H and O–H groups in total. The van der Waals surface area contributed by atoms with Crippen molar-refractivity contribution < 1.29 is 0 Å². The molecule has 11 nitrogen and oxygen atoms in total. The van der Waals surface area contributed by atoms with Crippen LogP contribution in [0.3, 0.4) is 0 Å². The minimum atomic E-state index is -0.370. The Labute approximate surface area is 169 Å². The predicted molar refractivity (Wildman–Crippen MR) is 114 cm³/mol. The molecule has 0 bridgehead atoms. The third kappa shape index (κ3) is 5.04. The van der Waals surface area contributed by atoms with E-state index in [9.17, 15) is 9.59 Å². The van der Waals surface area contributed by atoms with E-state index >= 15 is 0 Å². The lowest BCUT2D eigenvalue weighted by Gasteiger charge is -2.16. The van der Waals surface area contributed by atoms with Crippen LogP contribution < -0.4 is 22.7 Å². The molecule has 2 heterocycles. The van der Waals surface area contributed by atoms with E-state index in [-0.39, 0.29) is 23.2 Å². The molecule has 11 heteroatoms. The Balaban J connectivity index is 1.83. The van der Waals surface area contributed by atoms with Gasteiger partial charge in [-0.25, -0.2) is 9.78 Å². The van der Waals surface area contributed by atoms with E-state index in [1.807, 2.05) is 7.05 Å².